The molecule has 0 spiro atoms. The summed E-state index contributed by atoms with van der Waals surface area (Å²) in [5.41, 5.74) is 2.56. The van der Waals surface area contributed by atoms with Gasteiger partial charge in [0.2, 0.25) is 0 Å². The fourth-order valence-corrected chi connectivity index (χ4v) is 0.680. The molecular formula is C6H7NO3S. The Labute approximate surface area is 65.6 Å². The summed E-state index contributed by atoms with van der Waals surface area (Å²) < 4.78 is 24.2. The number of hydrogen-bond donors (Lipinski definition) is 3. The predicted molar refractivity (Wildman–Crippen MR) is 42.7 cm³/mol. The molecule has 1 aromatic rings. The Hall–Kier alpha value is -1.07. The highest BCUT2D eigenvalue weighted by Crippen LogP contribution is 2.36. The van der Waals surface area contributed by atoms with Crippen molar-refractivity contribution in [2.24, 2.45) is 0 Å². The number of hydrogen-bond acceptors (Lipinski definition) is 3. The number of nitrogens with one attached hydrogen (secondary N) is 1. The standard InChI is InChI=1S/C6H5N.H2O3S/c1-2-4-6-5(3-1)7-6;1-4(2)3/h1-4,7H;4H,(H,1,2,3). The van der Waals surface area contributed by atoms with Crippen LogP contribution in [0.15, 0.2) is 24.3 Å². The molecule has 0 saturated heterocycles. The fraction of sp³-hybridized carbons (Fsp3) is 0. The SMILES string of the molecule is O=[SH](=O)O.c1ccc2c(c1)N2. The van der Waals surface area contributed by atoms with Crippen molar-refractivity contribution in [1.82, 2.24) is 0 Å². The smallest absolute Gasteiger partial charge is 0.254 e. The van der Waals surface area contributed by atoms with Crippen molar-refractivity contribution in [3.8, 4) is 0 Å². The number of fused-ring (bicyclic) bond motifs is 1. The number of anilines is 2. The molecule has 0 saturated carbocycles. The van der Waals surface area contributed by atoms with Crippen molar-refractivity contribution in [2.75, 3.05) is 5.32 Å². The minimum Gasteiger partial charge on any atom is -0.352 e. The maximum Gasteiger partial charge on any atom is 0.254 e. The van der Waals surface area contributed by atoms with Gasteiger partial charge in [0.05, 0.1) is 11.4 Å². The highest BCUT2D eigenvalue weighted by atomic mass is 32.2. The zero-order valence-electron chi connectivity index (χ0n) is 5.52. The van der Waals surface area contributed by atoms with E-state index >= 15 is 0 Å². The molecule has 5 heteroatoms. The summed E-state index contributed by atoms with van der Waals surface area (Å²) in [6.07, 6.45) is 0. The summed E-state index contributed by atoms with van der Waals surface area (Å²) in [6, 6.07) is 8.18. The molecule has 0 aliphatic carbocycles. The molecule has 0 amide bonds. The van der Waals surface area contributed by atoms with E-state index < -0.39 is 11.0 Å². The molecule has 2 N–H and O–H groups in total. The highest BCUT2D eigenvalue weighted by molar-refractivity contribution is 7.66. The zero-order valence-corrected chi connectivity index (χ0v) is 6.41. The van der Waals surface area contributed by atoms with Crippen molar-refractivity contribution in [2.45, 2.75) is 0 Å². The van der Waals surface area contributed by atoms with Gasteiger partial charge in [0.15, 0.2) is 0 Å². The van der Waals surface area contributed by atoms with Crippen LogP contribution in [0.5, 0.6) is 0 Å². The molecule has 0 bridgehead atoms. The third kappa shape index (κ3) is 3.01. The molecule has 0 unspecified atom stereocenters. The zero-order chi connectivity index (χ0) is 8.27. The predicted octanol–water partition coefficient (Wildman–Crippen LogP) is 0.814. The van der Waals surface area contributed by atoms with Crippen LogP contribution in [0.4, 0.5) is 11.4 Å². The van der Waals surface area contributed by atoms with Crippen LogP contribution < -0.4 is 5.32 Å². The van der Waals surface area contributed by atoms with Crippen LogP contribution in [0.1, 0.15) is 0 Å². The van der Waals surface area contributed by atoms with E-state index in [1.165, 1.54) is 11.4 Å². The maximum atomic E-state index is 8.59. The van der Waals surface area contributed by atoms with Gasteiger partial charge in [0.25, 0.3) is 11.0 Å². The van der Waals surface area contributed by atoms with Gasteiger partial charge in [0.1, 0.15) is 0 Å². The van der Waals surface area contributed by atoms with Gasteiger partial charge in [-0.2, -0.15) is 0 Å². The first-order valence-electron chi connectivity index (χ1n) is 2.89. The van der Waals surface area contributed by atoms with Crippen molar-refractivity contribution in [1.29, 1.82) is 0 Å². The second kappa shape index (κ2) is 3.36. The van der Waals surface area contributed by atoms with E-state index in [1.54, 1.807) is 0 Å². The van der Waals surface area contributed by atoms with Gasteiger partial charge in [-0.15, -0.1) is 0 Å². The van der Waals surface area contributed by atoms with Crippen LogP contribution in [-0.2, 0) is 11.0 Å². The second-order valence-corrected chi connectivity index (χ2v) is 2.38. The molecule has 4 nitrogen and oxygen atoms in total. The molecule has 1 aliphatic rings. The van der Waals surface area contributed by atoms with Crippen molar-refractivity contribution < 1.29 is 13.0 Å². The van der Waals surface area contributed by atoms with Crippen LogP contribution in [0, 0.1) is 0 Å². The second-order valence-electron chi connectivity index (χ2n) is 1.91. The average molecular weight is 173 g/mol. The summed E-state index contributed by atoms with van der Waals surface area (Å²) in [6.45, 7) is 0. The van der Waals surface area contributed by atoms with Gasteiger partial charge in [-0.05, 0) is 12.1 Å². The molecule has 1 aliphatic heterocycles. The van der Waals surface area contributed by atoms with Gasteiger partial charge in [-0.25, -0.2) is 8.42 Å². The van der Waals surface area contributed by atoms with E-state index in [9.17, 15) is 0 Å². The number of benzene rings is 1. The van der Waals surface area contributed by atoms with Gasteiger partial charge < -0.3 is 5.32 Å². The first-order valence-corrected chi connectivity index (χ1v) is 4.02. The Bertz CT molecular complexity index is 292. The molecule has 0 fully saturated rings. The summed E-state index contributed by atoms with van der Waals surface area (Å²) in [5.74, 6) is 0. The largest absolute Gasteiger partial charge is 0.352 e. The van der Waals surface area contributed by atoms with E-state index in [1.807, 2.05) is 12.1 Å². The van der Waals surface area contributed by atoms with E-state index in [2.05, 4.69) is 17.4 Å². The van der Waals surface area contributed by atoms with Crippen LogP contribution in [0.2, 0.25) is 0 Å². The maximum absolute atomic E-state index is 8.59. The van der Waals surface area contributed by atoms with E-state index in [4.69, 9.17) is 13.0 Å². The van der Waals surface area contributed by atoms with Gasteiger partial charge in [-0.3, -0.25) is 4.55 Å². The minimum atomic E-state index is -3.12. The molecule has 0 atom stereocenters. The third-order valence-corrected chi connectivity index (χ3v) is 1.13. The van der Waals surface area contributed by atoms with Crippen LogP contribution >= 0.6 is 0 Å². The van der Waals surface area contributed by atoms with Crippen molar-refractivity contribution in [3.63, 3.8) is 0 Å². The Morgan fingerprint density at radius 1 is 1.18 bits per heavy atom. The van der Waals surface area contributed by atoms with Crippen molar-refractivity contribution in [3.05, 3.63) is 24.3 Å². The van der Waals surface area contributed by atoms with Crippen LogP contribution in [-0.4, -0.2) is 13.0 Å². The number of thiol groups is 1. The fourth-order valence-electron chi connectivity index (χ4n) is 0.680. The van der Waals surface area contributed by atoms with Crippen LogP contribution in [0.25, 0.3) is 0 Å². The number of rotatable bonds is 0. The normalized spacial score (nSPS) is 10.7. The van der Waals surface area contributed by atoms with Crippen LogP contribution in [0.3, 0.4) is 0 Å². The average Bonchev–Trinajstić information content (AvgIpc) is 2.62. The highest BCUT2D eigenvalue weighted by Gasteiger charge is 2.10. The molecule has 11 heavy (non-hydrogen) atoms. The Kier molecular flexibility index (Phi) is 2.45. The molecule has 1 heterocycles. The summed E-state index contributed by atoms with van der Waals surface area (Å²) in [7, 11) is -3.12. The van der Waals surface area contributed by atoms with E-state index in [0.717, 1.165) is 0 Å². The lowest BCUT2D eigenvalue weighted by Gasteiger charge is -1.65. The summed E-state index contributed by atoms with van der Waals surface area (Å²) >= 11 is 0. The topological polar surface area (TPSA) is 76.3 Å². The Balaban J connectivity index is 0.000000134. The minimum absolute atomic E-state index is 1.28. The third-order valence-electron chi connectivity index (χ3n) is 1.13. The molecule has 60 valence electrons. The molecule has 0 radical (unpaired) electrons. The Morgan fingerprint density at radius 2 is 1.55 bits per heavy atom. The lowest BCUT2D eigenvalue weighted by atomic mass is 10.4. The first-order chi connectivity index (χ1) is 5.20. The quantitative estimate of drug-likeness (QED) is 0.313. The van der Waals surface area contributed by atoms with E-state index in [0.29, 0.717) is 0 Å². The lowest BCUT2D eigenvalue weighted by molar-refractivity contribution is 0.509. The first kappa shape index (κ1) is 8.03. The monoisotopic (exact) mass is 173 g/mol. The summed E-state index contributed by atoms with van der Waals surface area (Å²) in [4.78, 5) is 0. The number of para-hydroxylation sites is 2. The molecule has 0 aromatic heterocycles. The van der Waals surface area contributed by atoms with Gasteiger partial charge in [0, 0.05) is 0 Å². The van der Waals surface area contributed by atoms with Crippen molar-refractivity contribution >= 4 is 22.4 Å². The van der Waals surface area contributed by atoms with Gasteiger partial charge >= 0.3 is 0 Å². The molecular weight excluding hydrogens is 166 g/mol. The molecule has 1 aromatic carbocycles. The van der Waals surface area contributed by atoms with Gasteiger partial charge in [-0.1, -0.05) is 12.1 Å². The lowest BCUT2D eigenvalue weighted by Crippen LogP contribution is -1.58. The summed E-state index contributed by atoms with van der Waals surface area (Å²) in [5, 5.41) is 3.09. The molecule has 2 rings (SSSR count). The Morgan fingerprint density at radius 3 is 1.82 bits per heavy atom. The van der Waals surface area contributed by atoms with E-state index in [-0.39, 0.29) is 0 Å².